The highest BCUT2D eigenvalue weighted by molar-refractivity contribution is 7.99. The molecule has 0 spiro atoms. The molecule has 0 saturated heterocycles. The summed E-state index contributed by atoms with van der Waals surface area (Å²) in [5.41, 5.74) is 1.68. The molecule has 1 aliphatic rings. The Balaban J connectivity index is 1.94. The van der Waals surface area contributed by atoms with Gasteiger partial charge in [-0.2, -0.15) is 11.8 Å². The van der Waals surface area contributed by atoms with Crippen LogP contribution in [0, 0.1) is 6.92 Å². The summed E-state index contributed by atoms with van der Waals surface area (Å²) < 4.78 is 0. The smallest absolute Gasteiger partial charge is 0.138 e. The first-order valence-corrected chi connectivity index (χ1v) is 6.88. The summed E-state index contributed by atoms with van der Waals surface area (Å²) in [6, 6.07) is 1.84. The van der Waals surface area contributed by atoms with E-state index in [1.54, 1.807) is 0 Å². The van der Waals surface area contributed by atoms with E-state index in [2.05, 4.69) is 9.97 Å². The van der Waals surface area contributed by atoms with Crippen molar-refractivity contribution < 1.29 is 5.11 Å². The second-order valence-corrected chi connectivity index (χ2v) is 5.58. The quantitative estimate of drug-likeness (QED) is 0.875. The molecule has 0 aliphatic heterocycles. The molecule has 1 saturated carbocycles. The number of aromatic nitrogens is 2. The van der Waals surface area contributed by atoms with E-state index in [1.165, 1.54) is 25.7 Å². The van der Waals surface area contributed by atoms with Crippen LogP contribution in [-0.4, -0.2) is 20.3 Å². The highest BCUT2D eigenvalue weighted by Crippen LogP contribution is 2.30. The number of hydrogen-bond donors (Lipinski definition) is 1. The summed E-state index contributed by atoms with van der Waals surface area (Å²) in [4.78, 5) is 8.73. The minimum Gasteiger partial charge on any atom is -0.390 e. The summed E-state index contributed by atoms with van der Waals surface area (Å²) >= 11 is 1.96. The average molecular weight is 238 g/mol. The van der Waals surface area contributed by atoms with E-state index < -0.39 is 0 Å². The summed E-state index contributed by atoms with van der Waals surface area (Å²) in [6.45, 7) is 1.95. The van der Waals surface area contributed by atoms with Gasteiger partial charge < -0.3 is 5.11 Å². The SMILES string of the molecule is Cc1cc(CO)nc(CSC2CCCC2)n1. The molecule has 1 N–H and O–H groups in total. The molecule has 1 heterocycles. The van der Waals surface area contributed by atoms with Crippen molar-refractivity contribution in [3.05, 3.63) is 23.3 Å². The fourth-order valence-electron chi connectivity index (χ4n) is 2.09. The van der Waals surface area contributed by atoms with Crippen LogP contribution in [0.2, 0.25) is 0 Å². The van der Waals surface area contributed by atoms with Crippen LogP contribution in [0.4, 0.5) is 0 Å². The lowest BCUT2D eigenvalue weighted by atomic mass is 10.3. The Hall–Kier alpha value is -0.610. The van der Waals surface area contributed by atoms with Crippen molar-refractivity contribution in [3.8, 4) is 0 Å². The molecule has 0 bridgehead atoms. The number of rotatable bonds is 4. The zero-order valence-corrected chi connectivity index (χ0v) is 10.5. The first-order valence-electron chi connectivity index (χ1n) is 5.84. The van der Waals surface area contributed by atoms with Gasteiger partial charge in [0.25, 0.3) is 0 Å². The van der Waals surface area contributed by atoms with E-state index in [0.29, 0.717) is 0 Å². The number of aryl methyl sites for hydroxylation is 1. The lowest BCUT2D eigenvalue weighted by Gasteiger charge is -2.08. The Morgan fingerprint density at radius 1 is 1.38 bits per heavy atom. The van der Waals surface area contributed by atoms with Crippen molar-refractivity contribution in [1.82, 2.24) is 9.97 Å². The van der Waals surface area contributed by atoms with Crippen LogP contribution in [0.3, 0.4) is 0 Å². The second-order valence-electron chi connectivity index (χ2n) is 4.29. The van der Waals surface area contributed by atoms with E-state index in [-0.39, 0.29) is 6.61 Å². The molecule has 0 amide bonds. The van der Waals surface area contributed by atoms with Crippen molar-refractivity contribution in [2.24, 2.45) is 0 Å². The number of nitrogens with zero attached hydrogens (tertiary/aromatic N) is 2. The third kappa shape index (κ3) is 3.19. The molecule has 1 aromatic rings. The predicted octanol–water partition coefficient (Wildman–Crippen LogP) is 2.45. The van der Waals surface area contributed by atoms with Crippen molar-refractivity contribution in [2.75, 3.05) is 0 Å². The van der Waals surface area contributed by atoms with Gasteiger partial charge in [-0.25, -0.2) is 9.97 Å². The van der Waals surface area contributed by atoms with Crippen LogP contribution in [0.15, 0.2) is 6.07 Å². The number of aliphatic hydroxyl groups excluding tert-OH is 1. The molecule has 0 aromatic carbocycles. The lowest BCUT2D eigenvalue weighted by Crippen LogP contribution is -2.02. The molecular formula is C12H18N2OS. The molecule has 1 fully saturated rings. The van der Waals surface area contributed by atoms with Crippen LogP contribution < -0.4 is 0 Å². The Morgan fingerprint density at radius 3 is 2.81 bits per heavy atom. The first kappa shape index (κ1) is 11.9. The van der Waals surface area contributed by atoms with E-state index in [4.69, 9.17) is 5.11 Å². The molecule has 88 valence electrons. The van der Waals surface area contributed by atoms with Gasteiger partial charge in [0.2, 0.25) is 0 Å². The van der Waals surface area contributed by atoms with Crippen LogP contribution >= 0.6 is 11.8 Å². The van der Waals surface area contributed by atoms with Gasteiger partial charge in [0.1, 0.15) is 5.82 Å². The highest BCUT2D eigenvalue weighted by Gasteiger charge is 2.15. The molecule has 0 unspecified atom stereocenters. The third-order valence-electron chi connectivity index (χ3n) is 2.87. The molecule has 3 nitrogen and oxygen atoms in total. The molecule has 4 heteroatoms. The monoisotopic (exact) mass is 238 g/mol. The van der Waals surface area contributed by atoms with Crippen LogP contribution in [0.5, 0.6) is 0 Å². The zero-order chi connectivity index (χ0) is 11.4. The number of hydrogen-bond acceptors (Lipinski definition) is 4. The van der Waals surface area contributed by atoms with Gasteiger partial charge in [-0.1, -0.05) is 12.8 Å². The maximum absolute atomic E-state index is 9.07. The number of thioether (sulfide) groups is 1. The Bertz CT molecular complexity index is 351. The van der Waals surface area contributed by atoms with Crippen molar-refractivity contribution in [2.45, 2.75) is 50.2 Å². The van der Waals surface area contributed by atoms with Crippen molar-refractivity contribution >= 4 is 11.8 Å². The average Bonchev–Trinajstić information content (AvgIpc) is 2.78. The lowest BCUT2D eigenvalue weighted by molar-refractivity contribution is 0.276. The van der Waals surface area contributed by atoms with Crippen LogP contribution in [-0.2, 0) is 12.4 Å². The Kier molecular flexibility index (Phi) is 4.18. The highest BCUT2D eigenvalue weighted by atomic mass is 32.2. The predicted molar refractivity (Wildman–Crippen MR) is 66.2 cm³/mol. The molecule has 1 aliphatic carbocycles. The van der Waals surface area contributed by atoms with Crippen LogP contribution in [0.1, 0.15) is 42.9 Å². The molecule has 0 atom stereocenters. The topological polar surface area (TPSA) is 46.0 Å². The standard InChI is InChI=1S/C12H18N2OS/c1-9-6-10(7-15)14-12(13-9)8-16-11-4-2-3-5-11/h6,11,15H,2-5,7-8H2,1H3. The minimum atomic E-state index is 0.00442. The fourth-order valence-corrected chi connectivity index (χ4v) is 3.27. The fraction of sp³-hybridized carbons (Fsp3) is 0.667. The van der Waals surface area contributed by atoms with E-state index in [0.717, 1.165) is 28.2 Å². The summed E-state index contributed by atoms with van der Waals surface area (Å²) in [5, 5.41) is 9.86. The second kappa shape index (κ2) is 5.64. The molecule has 16 heavy (non-hydrogen) atoms. The summed E-state index contributed by atoms with van der Waals surface area (Å²) in [6.07, 6.45) is 5.41. The van der Waals surface area contributed by atoms with Gasteiger partial charge in [0.15, 0.2) is 0 Å². The van der Waals surface area contributed by atoms with E-state index in [9.17, 15) is 0 Å². The zero-order valence-electron chi connectivity index (χ0n) is 9.65. The largest absolute Gasteiger partial charge is 0.390 e. The normalized spacial score (nSPS) is 16.9. The third-order valence-corrected chi connectivity index (χ3v) is 4.23. The van der Waals surface area contributed by atoms with Gasteiger partial charge in [-0.05, 0) is 25.8 Å². The Labute approximate surface area is 101 Å². The minimum absolute atomic E-state index is 0.00442. The molecule has 2 rings (SSSR count). The van der Waals surface area contributed by atoms with Gasteiger partial charge >= 0.3 is 0 Å². The molecular weight excluding hydrogens is 220 g/mol. The van der Waals surface area contributed by atoms with Gasteiger partial charge in [0.05, 0.1) is 18.1 Å². The Morgan fingerprint density at radius 2 is 2.12 bits per heavy atom. The molecule has 1 aromatic heterocycles. The van der Waals surface area contributed by atoms with Crippen molar-refractivity contribution in [1.29, 1.82) is 0 Å². The summed E-state index contributed by atoms with van der Waals surface area (Å²) in [5.74, 6) is 1.74. The first-order chi connectivity index (χ1) is 7.78. The van der Waals surface area contributed by atoms with Gasteiger partial charge in [-0.15, -0.1) is 0 Å². The number of aliphatic hydroxyl groups is 1. The van der Waals surface area contributed by atoms with Gasteiger partial charge in [-0.3, -0.25) is 0 Å². The van der Waals surface area contributed by atoms with Gasteiger partial charge in [0, 0.05) is 10.9 Å². The maximum atomic E-state index is 9.07. The van der Waals surface area contributed by atoms with E-state index in [1.807, 2.05) is 24.8 Å². The summed E-state index contributed by atoms with van der Waals surface area (Å²) in [7, 11) is 0. The maximum Gasteiger partial charge on any atom is 0.138 e. The molecule has 0 radical (unpaired) electrons. The van der Waals surface area contributed by atoms with E-state index >= 15 is 0 Å². The van der Waals surface area contributed by atoms with Crippen molar-refractivity contribution in [3.63, 3.8) is 0 Å². The van der Waals surface area contributed by atoms with Crippen LogP contribution in [0.25, 0.3) is 0 Å².